The predicted molar refractivity (Wildman–Crippen MR) is 149 cm³/mol. The lowest BCUT2D eigenvalue weighted by Gasteiger charge is -2.38. The van der Waals surface area contributed by atoms with Crippen LogP contribution in [0.15, 0.2) is 54.6 Å². The Morgan fingerprint density at radius 1 is 0.694 bits per heavy atom. The van der Waals surface area contributed by atoms with Crippen molar-refractivity contribution in [3.8, 4) is 0 Å². The Balaban J connectivity index is 0.000000537. The van der Waals surface area contributed by atoms with Crippen LogP contribution in [0.5, 0.6) is 0 Å². The van der Waals surface area contributed by atoms with E-state index in [4.69, 9.17) is 5.11 Å². The Labute approximate surface area is 219 Å². The molecule has 0 aliphatic heterocycles. The van der Waals surface area contributed by atoms with Crippen LogP contribution in [-0.4, -0.2) is 58.6 Å². The number of benzene rings is 2. The first kappa shape index (κ1) is 31.8. The summed E-state index contributed by atoms with van der Waals surface area (Å²) in [5.74, 6) is -0.875. The number of aliphatic hydroxyl groups is 2. The summed E-state index contributed by atoms with van der Waals surface area (Å²) in [7, 11) is 0. The van der Waals surface area contributed by atoms with E-state index in [0.717, 1.165) is 36.2 Å². The molecular formula is C31H50NO4+. The molecule has 0 saturated heterocycles. The number of aliphatic hydroxyl groups excluding tert-OH is 2. The van der Waals surface area contributed by atoms with Crippen molar-refractivity contribution in [2.24, 2.45) is 0 Å². The lowest BCUT2D eigenvalue weighted by molar-refractivity contribution is -0.941. The second-order valence-corrected chi connectivity index (χ2v) is 9.96. The molecule has 0 aromatic heterocycles. The van der Waals surface area contributed by atoms with Gasteiger partial charge in [0.1, 0.15) is 19.6 Å². The number of hydrogen-bond acceptors (Lipinski definition) is 3. The summed E-state index contributed by atoms with van der Waals surface area (Å²) in [5.41, 5.74) is 2.71. The van der Waals surface area contributed by atoms with Crippen molar-refractivity contribution in [1.82, 2.24) is 0 Å². The van der Waals surface area contributed by atoms with E-state index >= 15 is 0 Å². The maximum Gasteiger partial charge on any atom is 0.335 e. The van der Waals surface area contributed by atoms with Crippen molar-refractivity contribution in [2.45, 2.75) is 84.6 Å². The fraction of sp³-hybridized carbons (Fsp3) is 0.581. The number of aromatic carboxylic acids is 1. The molecule has 5 heteroatoms. The molecule has 0 unspecified atom stereocenters. The molecular weight excluding hydrogens is 450 g/mol. The second-order valence-electron chi connectivity index (χ2n) is 9.96. The van der Waals surface area contributed by atoms with Gasteiger partial charge in [-0.1, -0.05) is 106 Å². The van der Waals surface area contributed by atoms with Gasteiger partial charge in [-0.3, -0.25) is 0 Å². The van der Waals surface area contributed by atoms with E-state index in [9.17, 15) is 15.0 Å². The van der Waals surface area contributed by atoms with Crippen LogP contribution in [0, 0.1) is 6.92 Å². The number of carbonyl (C=O) groups is 1. The van der Waals surface area contributed by atoms with E-state index in [-0.39, 0.29) is 13.2 Å². The molecule has 0 aliphatic rings. The highest BCUT2D eigenvalue weighted by atomic mass is 16.4. The fourth-order valence-corrected chi connectivity index (χ4v) is 4.60. The Morgan fingerprint density at radius 2 is 1.19 bits per heavy atom. The van der Waals surface area contributed by atoms with Crippen molar-refractivity contribution >= 4 is 5.97 Å². The molecule has 0 fully saturated rings. The highest BCUT2D eigenvalue weighted by molar-refractivity contribution is 5.87. The number of aryl methyl sites for hydroxylation is 1. The molecule has 0 amide bonds. The molecule has 36 heavy (non-hydrogen) atoms. The van der Waals surface area contributed by atoms with E-state index in [1.165, 1.54) is 69.8 Å². The largest absolute Gasteiger partial charge is 0.478 e. The smallest absolute Gasteiger partial charge is 0.335 e. The third kappa shape index (κ3) is 14.4. The third-order valence-electron chi connectivity index (χ3n) is 6.79. The Morgan fingerprint density at radius 3 is 1.67 bits per heavy atom. The minimum absolute atomic E-state index is 0.185. The molecule has 2 rings (SSSR count). The highest BCUT2D eigenvalue weighted by Crippen LogP contribution is 2.18. The summed E-state index contributed by atoms with van der Waals surface area (Å²) in [6.07, 6.45) is 13.4. The number of carboxylic acids is 1. The van der Waals surface area contributed by atoms with Crippen LogP contribution >= 0.6 is 0 Å². The normalized spacial score (nSPS) is 11.1. The lowest BCUT2D eigenvalue weighted by Crippen LogP contribution is -2.51. The monoisotopic (exact) mass is 500 g/mol. The van der Waals surface area contributed by atoms with E-state index < -0.39 is 5.97 Å². The molecule has 3 N–H and O–H groups in total. The molecule has 5 nitrogen and oxygen atoms in total. The van der Waals surface area contributed by atoms with Gasteiger partial charge in [-0.15, -0.1) is 0 Å². The van der Waals surface area contributed by atoms with Gasteiger partial charge in [-0.05, 0) is 31.9 Å². The molecule has 0 radical (unpaired) electrons. The fourth-order valence-electron chi connectivity index (χ4n) is 4.60. The standard InChI is InChI=1S/C23H42NO2.C8H8O2/c1-2-3-4-5-6-7-8-9-10-14-17-24(18-20-25,19-21-26)22-23-15-12-11-13-16-23;1-6-2-4-7(5-3-6)8(9)10/h11-13,15-16,25-26H,2-10,14,17-22H2,1H3;2-5H,1H3,(H,9,10)/q+1;. The summed E-state index contributed by atoms with van der Waals surface area (Å²) in [6.45, 7) is 7.97. The first-order chi connectivity index (χ1) is 17.5. The Bertz CT molecular complexity index is 786. The van der Waals surface area contributed by atoms with Crippen LogP contribution in [0.2, 0.25) is 0 Å². The molecule has 0 aliphatic carbocycles. The number of carboxylic acid groups (broad SMARTS) is 1. The minimum Gasteiger partial charge on any atom is -0.478 e. The van der Waals surface area contributed by atoms with E-state index in [1.807, 2.05) is 13.0 Å². The van der Waals surface area contributed by atoms with Crippen LogP contribution in [0.25, 0.3) is 0 Å². The highest BCUT2D eigenvalue weighted by Gasteiger charge is 2.26. The van der Waals surface area contributed by atoms with Gasteiger partial charge in [-0.2, -0.15) is 0 Å². The van der Waals surface area contributed by atoms with Crippen molar-refractivity contribution in [3.05, 3.63) is 71.3 Å². The predicted octanol–water partition coefficient (Wildman–Crippen LogP) is 6.60. The van der Waals surface area contributed by atoms with Gasteiger partial charge in [0, 0.05) is 5.56 Å². The summed E-state index contributed by atoms with van der Waals surface area (Å²) in [6, 6.07) is 17.2. The molecule has 202 valence electrons. The molecule has 0 saturated carbocycles. The molecule has 2 aromatic carbocycles. The maximum atomic E-state index is 10.3. The average molecular weight is 501 g/mol. The van der Waals surface area contributed by atoms with Crippen molar-refractivity contribution in [1.29, 1.82) is 0 Å². The first-order valence-electron chi connectivity index (χ1n) is 13.9. The molecule has 0 bridgehead atoms. The van der Waals surface area contributed by atoms with Gasteiger partial charge in [0.2, 0.25) is 0 Å². The number of hydrogen-bond donors (Lipinski definition) is 3. The summed E-state index contributed by atoms with van der Waals surface area (Å²) in [5, 5.41) is 27.6. The summed E-state index contributed by atoms with van der Waals surface area (Å²) >= 11 is 0. The topological polar surface area (TPSA) is 77.8 Å². The molecule has 0 heterocycles. The van der Waals surface area contributed by atoms with Crippen LogP contribution < -0.4 is 0 Å². The van der Waals surface area contributed by atoms with Crippen molar-refractivity contribution < 1.29 is 24.6 Å². The van der Waals surface area contributed by atoms with Gasteiger partial charge < -0.3 is 19.8 Å². The van der Waals surface area contributed by atoms with Gasteiger partial charge in [0.25, 0.3) is 0 Å². The summed E-state index contributed by atoms with van der Waals surface area (Å²) < 4.78 is 0.800. The third-order valence-corrected chi connectivity index (χ3v) is 6.79. The number of nitrogens with zero attached hydrogens (tertiary/aromatic N) is 1. The SMILES string of the molecule is CCCCCCCCCCCC[N+](CCO)(CCO)Cc1ccccc1.Cc1ccc(C(=O)O)cc1. The van der Waals surface area contributed by atoms with Gasteiger partial charge in [-0.25, -0.2) is 4.79 Å². The second kappa shape index (κ2) is 19.9. The van der Waals surface area contributed by atoms with Gasteiger partial charge in [0.15, 0.2) is 0 Å². The lowest BCUT2D eigenvalue weighted by atomic mass is 10.1. The summed E-state index contributed by atoms with van der Waals surface area (Å²) in [4.78, 5) is 10.3. The molecule has 0 spiro atoms. The van der Waals surface area contributed by atoms with Crippen LogP contribution in [0.3, 0.4) is 0 Å². The van der Waals surface area contributed by atoms with Crippen molar-refractivity contribution in [3.63, 3.8) is 0 Å². The number of quaternary nitrogens is 1. The van der Waals surface area contributed by atoms with Crippen LogP contribution in [0.4, 0.5) is 0 Å². The number of unbranched alkanes of at least 4 members (excludes halogenated alkanes) is 9. The van der Waals surface area contributed by atoms with Gasteiger partial charge in [0.05, 0.1) is 25.3 Å². The van der Waals surface area contributed by atoms with Crippen LogP contribution in [-0.2, 0) is 6.54 Å². The average Bonchev–Trinajstić information content (AvgIpc) is 2.87. The van der Waals surface area contributed by atoms with Gasteiger partial charge >= 0.3 is 5.97 Å². The zero-order chi connectivity index (χ0) is 26.5. The number of rotatable bonds is 18. The molecule has 2 aromatic rings. The Hall–Kier alpha value is -2.21. The minimum atomic E-state index is -0.875. The maximum absolute atomic E-state index is 10.3. The Kier molecular flexibility index (Phi) is 17.6. The van der Waals surface area contributed by atoms with Crippen molar-refractivity contribution in [2.75, 3.05) is 32.8 Å². The molecule has 0 atom stereocenters. The van der Waals surface area contributed by atoms with Crippen LogP contribution in [0.1, 0.15) is 92.6 Å². The van der Waals surface area contributed by atoms with E-state index in [1.54, 1.807) is 24.3 Å². The zero-order valence-electron chi connectivity index (χ0n) is 22.7. The van der Waals surface area contributed by atoms with E-state index in [0.29, 0.717) is 5.56 Å². The quantitative estimate of drug-likeness (QED) is 0.159. The first-order valence-corrected chi connectivity index (χ1v) is 13.9. The zero-order valence-corrected chi connectivity index (χ0v) is 22.7. The van der Waals surface area contributed by atoms with E-state index in [2.05, 4.69) is 31.2 Å².